The van der Waals surface area contributed by atoms with Crippen molar-refractivity contribution in [2.75, 3.05) is 0 Å². The Morgan fingerprint density at radius 2 is 2.22 bits per heavy atom. The van der Waals surface area contributed by atoms with E-state index >= 15 is 0 Å². The van der Waals surface area contributed by atoms with Crippen molar-refractivity contribution in [3.63, 3.8) is 0 Å². The summed E-state index contributed by atoms with van der Waals surface area (Å²) in [6.45, 7) is 1.83. The summed E-state index contributed by atoms with van der Waals surface area (Å²) >= 11 is 4.22. The maximum Gasteiger partial charge on any atom is 0.302 e. The van der Waals surface area contributed by atoms with Gasteiger partial charge in [0.1, 0.15) is 0 Å². The van der Waals surface area contributed by atoms with Gasteiger partial charge in [-0.25, -0.2) is 15.0 Å². The lowest BCUT2D eigenvalue weighted by molar-refractivity contribution is -0.388. The number of aryl methyl sites for hydroxylation is 1. The molecule has 0 saturated carbocycles. The second-order valence-corrected chi connectivity index (χ2v) is 5.19. The zero-order valence-electron chi connectivity index (χ0n) is 9.20. The molecule has 8 heteroatoms. The minimum Gasteiger partial charge on any atom is -0.258 e. The van der Waals surface area contributed by atoms with Gasteiger partial charge in [-0.2, -0.15) is 0 Å². The number of hydrogen-bond donors (Lipinski definition) is 0. The fourth-order valence-electron chi connectivity index (χ4n) is 1.19. The molecule has 0 aliphatic carbocycles. The first-order valence-corrected chi connectivity index (χ1v) is 6.44. The topological polar surface area (TPSA) is 81.8 Å². The third-order valence-corrected chi connectivity index (χ3v) is 3.28. The molecule has 0 spiro atoms. The van der Waals surface area contributed by atoms with Crippen LogP contribution in [0.15, 0.2) is 39.2 Å². The molecular formula is C10H7BrN4O2S. The molecule has 0 amide bonds. The second kappa shape index (κ2) is 5.40. The van der Waals surface area contributed by atoms with Crippen molar-refractivity contribution in [2.45, 2.75) is 17.1 Å². The van der Waals surface area contributed by atoms with E-state index < -0.39 is 4.92 Å². The van der Waals surface area contributed by atoms with E-state index in [4.69, 9.17) is 0 Å². The van der Waals surface area contributed by atoms with Crippen molar-refractivity contribution in [3.05, 3.63) is 44.8 Å². The van der Waals surface area contributed by atoms with Crippen LogP contribution in [-0.2, 0) is 0 Å². The van der Waals surface area contributed by atoms with Gasteiger partial charge in [0.2, 0.25) is 0 Å². The Bertz CT molecular complexity index is 608. The van der Waals surface area contributed by atoms with Crippen LogP contribution in [0.4, 0.5) is 5.69 Å². The third kappa shape index (κ3) is 3.02. The minimum absolute atomic E-state index is 0.0699. The van der Waals surface area contributed by atoms with E-state index in [0.717, 1.165) is 17.5 Å². The first-order valence-electron chi connectivity index (χ1n) is 4.83. The molecule has 0 unspecified atom stereocenters. The van der Waals surface area contributed by atoms with Crippen LogP contribution < -0.4 is 0 Å². The highest BCUT2D eigenvalue weighted by molar-refractivity contribution is 9.10. The maximum absolute atomic E-state index is 10.9. The van der Waals surface area contributed by atoms with Crippen LogP contribution in [-0.4, -0.2) is 19.9 Å². The van der Waals surface area contributed by atoms with E-state index in [9.17, 15) is 10.1 Å². The highest BCUT2D eigenvalue weighted by atomic mass is 79.9. The molecule has 92 valence electrons. The highest BCUT2D eigenvalue weighted by Gasteiger charge is 2.18. The van der Waals surface area contributed by atoms with Crippen molar-refractivity contribution in [1.82, 2.24) is 15.0 Å². The summed E-state index contributed by atoms with van der Waals surface area (Å²) in [4.78, 5) is 22.7. The molecule has 0 aliphatic rings. The molecule has 0 N–H and O–H groups in total. The Kier molecular flexibility index (Phi) is 3.87. The standard InChI is InChI=1S/C10H7BrN4O2S/c1-6-2-3-12-10(14-6)18-9-8(15(16)17)4-7(11)5-13-9/h2-5H,1H3. The van der Waals surface area contributed by atoms with Gasteiger partial charge in [-0.15, -0.1) is 0 Å². The Balaban J connectivity index is 2.37. The average Bonchev–Trinajstić information content (AvgIpc) is 2.31. The van der Waals surface area contributed by atoms with Gasteiger partial charge in [-0.1, -0.05) is 0 Å². The number of halogens is 1. The van der Waals surface area contributed by atoms with Crippen molar-refractivity contribution < 1.29 is 4.92 Å². The smallest absolute Gasteiger partial charge is 0.258 e. The summed E-state index contributed by atoms with van der Waals surface area (Å²) in [6, 6.07) is 3.17. The van der Waals surface area contributed by atoms with Gasteiger partial charge in [0.15, 0.2) is 10.2 Å². The van der Waals surface area contributed by atoms with E-state index in [1.165, 1.54) is 12.3 Å². The van der Waals surface area contributed by atoms with Gasteiger partial charge in [0, 0.05) is 28.6 Å². The Labute approximate surface area is 115 Å². The van der Waals surface area contributed by atoms with Crippen LogP contribution in [0.2, 0.25) is 0 Å². The van der Waals surface area contributed by atoms with E-state index in [1.807, 2.05) is 6.92 Å². The van der Waals surface area contributed by atoms with Crippen LogP contribution in [0, 0.1) is 17.0 Å². The lowest BCUT2D eigenvalue weighted by atomic mass is 10.4. The molecule has 0 aromatic carbocycles. The first-order chi connectivity index (χ1) is 8.56. The fourth-order valence-corrected chi connectivity index (χ4v) is 2.33. The lowest BCUT2D eigenvalue weighted by Crippen LogP contribution is -1.95. The maximum atomic E-state index is 10.9. The van der Waals surface area contributed by atoms with Crippen molar-refractivity contribution in [2.24, 2.45) is 0 Å². The predicted octanol–water partition coefficient (Wildman–Crippen LogP) is 3.00. The molecule has 0 atom stereocenters. The number of nitro groups is 1. The van der Waals surface area contributed by atoms with Crippen LogP contribution in [0.3, 0.4) is 0 Å². The number of rotatable bonds is 3. The van der Waals surface area contributed by atoms with E-state index in [2.05, 4.69) is 30.9 Å². The summed E-state index contributed by atoms with van der Waals surface area (Å²) in [5.74, 6) is 0. The van der Waals surface area contributed by atoms with Crippen LogP contribution in [0.5, 0.6) is 0 Å². The van der Waals surface area contributed by atoms with Gasteiger partial charge in [0.25, 0.3) is 0 Å². The average molecular weight is 327 g/mol. The molecule has 2 aromatic rings. The predicted molar refractivity (Wildman–Crippen MR) is 69.5 cm³/mol. The molecule has 0 radical (unpaired) electrons. The molecule has 0 aliphatic heterocycles. The summed E-state index contributed by atoms with van der Waals surface area (Å²) < 4.78 is 0.559. The zero-order chi connectivity index (χ0) is 13.1. The number of nitrogens with zero attached hydrogens (tertiary/aromatic N) is 4. The summed E-state index contributed by atoms with van der Waals surface area (Å²) in [7, 11) is 0. The zero-order valence-corrected chi connectivity index (χ0v) is 11.6. The van der Waals surface area contributed by atoms with Crippen LogP contribution >= 0.6 is 27.7 Å². The molecule has 2 heterocycles. The van der Waals surface area contributed by atoms with Gasteiger partial charge < -0.3 is 0 Å². The number of aromatic nitrogens is 3. The minimum atomic E-state index is -0.476. The third-order valence-electron chi connectivity index (χ3n) is 1.96. The van der Waals surface area contributed by atoms with Gasteiger partial charge in [-0.3, -0.25) is 10.1 Å². The lowest BCUT2D eigenvalue weighted by Gasteiger charge is -2.01. The Hall–Kier alpha value is -1.54. The number of hydrogen-bond acceptors (Lipinski definition) is 6. The monoisotopic (exact) mass is 326 g/mol. The van der Waals surface area contributed by atoms with Crippen molar-refractivity contribution in [1.29, 1.82) is 0 Å². The molecular weight excluding hydrogens is 320 g/mol. The first kappa shape index (κ1) is 12.9. The normalized spacial score (nSPS) is 10.3. The summed E-state index contributed by atoms with van der Waals surface area (Å²) in [5, 5.41) is 11.6. The second-order valence-electron chi connectivity index (χ2n) is 3.32. The molecule has 2 rings (SSSR count). The molecule has 18 heavy (non-hydrogen) atoms. The van der Waals surface area contributed by atoms with Gasteiger partial charge in [-0.05, 0) is 40.7 Å². The van der Waals surface area contributed by atoms with Crippen LogP contribution in [0.25, 0.3) is 0 Å². The molecule has 0 saturated heterocycles. The van der Waals surface area contributed by atoms with E-state index in [-0.39, 0.29) is 10.7 Å². The summed E-state index contributed by atoms with van der Waals surface area (Å²) in [5.41, 5.74) is 0.728. The highest BCUT2D eigenvalue weighted by Crippen LogP contribution is 2.32. The molecule has 0 fully saturated rings. The molecule has 0 bridgehead atoms. The largest absolute Gasteiger partial charge is 0.302 e. The molecule has 2 aromatic heterocycles. The van der Waals surface area contributed by atoms with Crippen molar-refractivity contribution in [3.8, 4) is 0 Å². The Morgan fingerprint density at radius 3 is 2.89 bits per heavy atom. The van der Waals surface area contributed by atoms with E-state index in [0.29, 0.717) is 9.63 Å². The molecule has 6 nitrogen and oxygen atoms in total. The number of pyridine rings is 1. The van der Waals surface area contributed by atoms with Crippen molar-refractivity contribution >= 4 is 33.4 Å². The Morgan fingerprint density at radius 1 is 1.44 bits per heavy atom. The van der Waals surface area contributed by atoms with Gasteiger partial charge in [0.05, 0.1) is 4.92 Å². The van der Waals surface area contributed by atoms with Gasteiger partial charge >= 0.3 is 5.69 Å². The van der Waals surface area contributed by atoms with Crippen LogP contribution in [0.1, 0.15) is 5.69 Å². The quantitative estimate of drug-likeness (QED) is 0.490. The van der Waals surface area contributed by atoms with E-state index in [1.54, 1.807) is 12.3 Å². The summed E-state index contributed by atoms with van der Waals surface area (Å²) in [6.07, 6.45) is 3.11. The fraction of sp³-hybridized carbons (Fsp3) is 0.100. The SMILES string of the molecule is Cc1ccnc(Sc2ncc(Br)cc2[N+](=O)[O-])n1.